The molecule has 15 heavy (non-hydrogen) atoms. The summed E-state index contributed by atoms with van der Waals surface area (Å²) < 4.78 is 37.1. The normalized spacial score (nSPS) is 10.4. The van der Waals surface area contributed by atoms with E-state index in [-0.39, 0.29) is 56.9 Å². The van der Waals surface area contributed by atoms with E-state index in [1.165, 1.54) is 0 Å². The van der Waals surface area contributed by atoms with Crippen LogP contribution in [0.4, 0.5) is 12.9 Å². The number of hydrogen-bond donors (Lipinski definition) is 0. The average Bonchev–Trinajstić information content (AvgIpc) is 2.07. The van der Waals surface area contributed by atoms with Crippen molar-refractivity contribution in [2.45, 2.75) is 13.8 Å². The van der Waals surface area contributed by atoms with Crippen LogP contribution in [-0.2, 0) is 0 Å². The minimum Gasteiger partial charge on any atom is -0.445 e. The molecule has 0 amide bonds. The van der Waals surface area contributed by atoms with E-state index in [1.807, 2.05) is 0 Å². The van der Waals surface area contributed by atoms with Gasteiger partial charge in [-0.05, 0) is 25.0 Å². The third-order valence-electron chi connectivity index (χ3n) is 2.19. The average molecular weight is 237 g/mol. The van der Waals surface area contributed by atoms with Crippen LogP contribution in [0.25, 0.3) is 0 Å². The smallest absolute Gasteiger partial charge is 0.445 e. The third-order valence-corrected chi connectivity index (χ3v) is 2.19. The fraction of sp³-hybridized carbons (Fsp3) is 0.222. The van der Waals surface area contributed by atoms with Crippen molar-refractivity contribution in [3.63, 3.8) is 0 Å². The second-order valence-electron chi connectivity index (χ2n) is 3.20. The summed E-state index contributed by atoms with van der Waals surface area (Å²) in [5.41, 5.74) is 0.499. The van der Waals surface area contributed by atoms with Crippen LogP contribution >= 0.6 is 0 Å². The van der Waals surface area contributed by atoms with Crippen molar-refractivity contribution in [1.82, 2.24) is 0 Å². The zero-order chi connectivity index (χ0) is 10.9. The summed E-state index contributed by atoms with van der Waals surface area (Å²) >= 11 is 0. The molecule has 0 aliphatic heterocycles. The van der Waals surface area contributed by atoms with Gasteiger partial charge in [0.25, 0.3) is 0 Å². The van der Waals surface area contributed by atoms with Crippen LogP contribution in [0, 0.1) is 25.2 Å². The molecule has 0 N–H and O–H groups in total. The van der Waals surface area contributed by atoms with Gasteiger partial charge in [-0.2, -0.15) is 5.26 Å². The number of aryl methyl sites for hydroxylation is 1. The van der Waals surface area contributed by atoms with E-state index in [0.717, 1.165) is 12.1 Å². The van der Waals surface area contributed by atoms with Crippen LogP contribution in [0.1, 0.15) is 16.7 Å². The Kier molecular flexibility index (Phi) is 5.58. The van der Waals surface area contributed by atoms with E-state index in [2.05, 4.69) is 0 Å². The van der Waals surface area contributed by atoms with Gasteiger partial charge in [-0.25, -0.2) is 0 Å². The summed E-state index contributed by atoms with van der Waals surface area (Å²) in [7, 11) is 0. The molecule has 1 aromatic rings. The van der Waals surface area contributed by atoms with Crippen molar-refractivity contribution < 1.29 is 64.3 Å². The minimum atomic E-state index is -5.02. The molecule has 0 heterocycles. The topological polar surface area (TPSA) is 23.8 Å². The monoisotopic (exact) mass is 237 g/mol. The number of hydrogen-bond acceptors (Lipinski definition) is 1. The van der Waals surface area contributed by atoms with E-state index in [1.54, 1.807) is 19.9 Å². The number of rotatable bonds is 1. The number of benzene rings is 1. The van der Waals surface area contributed by atoms with Gasteiger partial charge in [-0.15, -0.1) is 5.46 Å². The Hall–Kier alpha value is 0.201. The second kappa shape index (κ2) is 5.51. The maximum absolute atomic E-state index is 12.4. The predicted octanol–water partition coefficient (Wildman–Crippen LogP) is -0.766. The Morgan fingerprint density at radius 2 is 1.73 bits per heavy atom. The fourth-order valence-electron chi connectivity index (χ4n) is 1.19. The quantitative estimate of drug-likeness (QED) is 0.588. The maximum Gasteiger partial charge on any atom is 1.00 e. The molecule has 0 unspecified atom stereocenters. The molecule has 0 saturated heterocycles. The number of nitrogens with zero attached hydrogens (tertiary/aromatic N) is 1. The molecule has 0 aliphatic rings. The first-order valence-electron chi connectivity index (χ1n) is 4.07. The van der Waals surface area contributed by atoms with Crippen molar-refractivity contribution in [3.05, 3.63) is 28.8 Å². The Labute approximate surface area is 129 Å². The first-order chi connectivity index (χ1) is 6.36. The van der Waals surface area contributed by atoms with Gasteiger partial charge in [0.1, 0.15) is 0 Å². The molecule has 0 saturated carbocycles. The molecule has 0 bridgehead atoms. The summed E-state index contributed by atoms with van der Waals surface area (Å²) in [5, 5.41) is 8.62. The van der Waals surface area contributed by atoms with E-state index >= 15 is 0 Å². The van der Waals surface area contributed by atoms with Crippen LogP contribution in [-0.4, -0.2) is 6.98 Å². The van der Waals surface area contributed by atoms with Gasteiger partial charge < -0.3 is 12.9 Å². The summed E-state index contributed by atoms with van der Waals surface area (Å²) in [5.74, 6) is 0. The summed E-state index contributed by atoms with van der Waals surface area (Å²) in [6, 6.07) is 3.74. The van der Waals surface area contributed by atoms with Gasteiger partial charge in [0.05, 0.1) is 11.6 Å². The van der Waals surface area contributed by atoms with Crippen LogP contribution in [0.3, 0.4) is 0 Å². The maximum atomic E-state index is 12.4. The van der Waals surface area contributed by atoms with Gasteiger partial charge in [0.15, 0.2) is 0 Å². The Bertz CT molecular complexity index is 409. The SMILES string of the molecule is Cc1cc([B-](F)(F)F)cc(C#N)c1C.[K+]. The number of halogens is 3. The summed E-state index contributed by atoms with van der Waals surface area (Å²) in [6.07, 6.45) is 0. The fourth-order valence-corrected chi connectivity index (χ4v) is 1.19. The molecule has 0 atom stereocenters. The molecule has 0 aliphatic carbocycles. The van der Waals surface area contributed by atoms with Gasteiger partial charge >= 0.3 is 58.4 Å². The van der Waals surface area contributed by atoms with Crippen LogP contribution in [0.5, 0.6) is 0 Å². The largest absolute Gasteiger partial charge is 1.00 e. The second-order valence-corrected chi connectivity index (χ2v) is 3.20. The summed E-state index contributed by atoms with van der Waals surface area (Å²) in [6.45, 7) is -1.80. The van der Waals surface area contributed by atoms with E-state index in [9.17, 15) is 12.9 Å². The van der Waals surface area contributed by atoms with Crippen molar-refractivity contribution in [3.8, 4) is 6.07 Å². The van der Waals surface area contributed by atoms with Crippen molar-refractivity contribution >= 4 is 12.4 Å². The number of nitriles is 1. The zero-order valence-electron chi connectivity index (χ0n) is 8.81. The molecular formula is C9H8BF3KN. The molecule has 0 spiro atoms. The molecular weight excluding hydrogens is 229 g/mol. The van der Waals surface area contributed by atoms with E-state index < -0.39 is 12.4 Å². The first kappa shape index (κ1) is 15.2. The van der Waals surface area contributed by atoms with Crippen molar-refractivity contribution in [1.29, 1.82) is 5.26 Å². The van der Waals surface area contributed by atoms with Gasteiger partial charge in [-0.3, -0.25) is 0 Å². The third kappa shape index (κ3) is 3.61. The molecule has 1 nitrogen and oxygen atoms in total. The van der Waals surface area contributed by atoms with E-state index in [0.29, 0.717) is 11.1 Å². The Morgan fingerprint density at radius 3 is 2.13 bits per heavy atom. The van der Waals surface area contributed by atoms with Crippen molar-refractivity contribution in [2.24, 2.45) is 0 Å². The standard InChI is InChI=1S/C9H8BF3N.K/c1-6-3-9(10(11,12)13)4-8(5-14)7(6)2;/h3-4H,1-2H3;/q-1;+1. The molecule has 1 rings (SSSR count). The molecule has 0 radical (unpaired) electrons. The van der Waals surface area contributed by atoms with Crippen LogP contribution < -0.4 is 56.8 Å². The van der Waals surface area contributed by atoms with Crippen LogP contribution in [0.2, 0.25) is 0 Å². The van der Waals surface area contributed by atoms with E-state index in [4.69, 9.17) is 5.26 Å². The van der Waals surface area contributed by atoms with Gasteiger partial charge in [0, 0.05) is 0 Å². The molecule has 6 heteroatoms. The zero-order valence-corrected chi connectivity index (χ0v) is 11.9. The Morgan fingerprint density at radius 1 is 1.20 bits per heavy atom. The first-order valence-corrected chi connectivity index (χ1v) is 4.07. The molecule has 1 aromatic carbocycles. The van der Waals surface area contributed by atoms with Crippen LogP contribution in [0.15, 0.2) is 12.1 Å². The Balaban J connectivity index is 0.00000196. The molecule has 74 valence electrons. The molecule has 0 aromatic heterocycles. The van der Waals surface area contributed by atoms with Gasteiger partial charge in [-0.1, -0.05) is 12.1 Å². The van der Waals surface area contributed by atoms with Gasteiger partial charge in [0.2, 0.25) is 0 Å². The molecule has 0 fully saturated rings. The predicted molar refractivity (Wildman–Crippen MR) is 49.3 cm³/mol. The van der Waals surface area contributed by atoms with Crippen molar-refractivity contribution in [2.75, 3.05) is 0 Å². The summed E-state index contributed by atoms with van der Waals surface area (Å²) in [4.78, 5) is 0. The minimum absolute atomic E-state index is 0.